The zero-order chi connectivity index (χ0) is 31.3. The van der Waals surface area contributed by atoms with Crippen LogP contribution in [0.15, 0.2) is 140 Å². The van der Waals surface area contributed by atoms with Crippen LogP contribution >= 0.6 is 11.3 Å². The maximum absolute atomic E-state index is 5.02. The Kier molecular flexibility index (Phi) is 6.61. The van der Waals surface area contributed by atoms with Crippen molar-refractivity contribution in [1.29, 1.82) is 0 Å². The summed E-state index contributed by atoms with van der Waals surface area (Å²) in [6.45, 7) is 2.25. The van der Waals surface area contributed by atoms with Crippen molar-refractivity contribution in [3.05, 3.63) is 151 Å². The van der Waals surface area contributed by atoms with Crippen molar-refractivity contribution in [2.75, 3.05) is 0 Å². The van der Waals surface area contributed by atoms with Crippen molar-refractivity contribution in [2.45, 2.75) is 13.3 Å². The van der Waals surface area contributed by atoms with Crippen LogP contribution in [-0.4, -0.2) is 24.3 Å². The fourth-order valence-corrected chi connectivity index (χ4v) is 7.53. The molecule has 1 aliphatic carbocycles. The molecule has 0 radical (unpaired) electrons. The minimum absolute atomic E-state index is 0.279. The second kappa shape index (κ2) is 11.3. The molecular weight excluding hydrogens is 595 g/mol. The van der Waals surface area contributed by atoms with Gasteiger partial charge in [0.1, 0.15) is 16.0 Å². The number of rotatable bonds is 5. The van der Waals surface area contributed by atoms with Crippen LogP contribution in [0.1, 0.15) is 24.7 Å². The number of aromatic nitrogens is 5. The average Bonchev–Trinajstić information content (AvgIpc) is 3.68. The minimum atomic E-state index is 0.279. The number of thiophene rings is 1. The molecule has 0 bridgehead atoms. The van der Waals surface area contributed by atoms with E-state index in [1.807, 2.05) is 42.5 Å². The highest BCUT2D eigenvalue weighted by Gasteiger charge is 2.21. The Labute approximate surface area is 276 Å². The van der Waals surface area contributed by atoms with Crippen LogP contribution < -0.4 is 0 Å². The second-order valence-corrected chi connectivity index (χ2v) is 13.0. The van der Waals surface area contributed by atoms with Crippen LogP contribution in [0.5, 0.6) is 0 Å². The van der Waals surface area contributed by atoms with Crippen molar-refractivity contribution >= 4 is 48.6 Å². The molecule has 4 aromatic heterocycles. The van der Waals surface area contributed by atoms with E-state index < -0.39 is 0 Å². The average molecular weight is 624 g/mol. The van der Waals surface area contributed by atoms with Crippen molar-refractivity contribution in [1.82, 2.24) is 24.3 Å². The monoisotopic (exact) mass is 623 g/mol. The molecule has 0 aliphatic heterocycles. The first-order valence-electron chi connectivity index (χ1n) is 15.9. The van der Waals surface area contributed by atoms with Gasteiger partial charge >= 0.3 is 0 Å². The molecule has 0 amide bonds. The lowest BCUT2D eigenvalue weighted by molar-refractivity contribution is 0.749. The zero-order valence-corrected chi connectivity index (χ0v) is 26.5. The van der Waals surface area contributed by atoms with Crippen molar-refractivity contribution in [2.24, 2.45) is 5.92 Å². The third-order valence-electron chi connectivity index (χ3n) is 8.97. The predicted molar refractivity (Wildman–Crippen MR) is 194 cm³/mol. The summed E-state index contributed by atoms with van der Waals surface area (Å²) in [5.74, 6) is 2.38. The first-order valence-corrected chi connectivity index (χ1v) is 16.7. The topological polar surface area (TPSA) is 56.0 Å². The van der Waals surface area contributed by atoms with Gasteiger partial charge in [-0.2, -0.15) is 0 Å². The van der Waals surface area contributed by atoms with Crippen molar-refractivity contribution in [3.63, 3.8) is 0 Å². The van der Waals surface area contributed by atoms with Crippen LogP contribution in [0, 0.1) is 5.92 Å². The van der Waals surface area contributed by atoms with E-state index >= 15 is 0 Å². The SMILES string of the molecule is CC1CC=C(c2ccc(-c3ccc4sc5c(nc6ccccn65)c4c3)cc2)C=C1c1nc(-c2ccccc2)nc(-c2ccccc2)n1. The van der Waals surface area contributed by atoms with Crippen molar-refractivity contribution < 1.29 is 0 Å². The molecule has 0 spiro atoms. The number of imidazole rings is 1. The largest absolute Gasteiger partial charge is 0.291 e. The maximum atomic E-state index is 5.02. The molecule has 0 N–H and O–H groups in total. The number of benzene rings is 4. The van der Waals surface area contributed by atoms with E-state index in [1.165, 1.54) is 37.2 Å². The summed E-state index contributed by atoms with van der Waals surface area (Å²) in [6.07, 6.45) is 7.60. The van der Waals surface area contributed by atoms with Gasteiger partial charge in [0.15, 0.2) is 17.5 Å². The third-order valence-corrected chi connectivity index (χ3v) is 10.1. The molecule has 6 heteroatoms. The summed E-state index contributed by atoms with van der Waals surface area (Å²) in [5, 5.41) is 1.20. The summed E-state index contributed by atoms with van der Waals surface area (Å²) >= 11 is 1.79. The lowest BCUT2D eigenvalue weighted by atomic mass is 9.86. The molecule has 9 rings (SSSR count). The summed E-state index contributed by atoms with van der Waals surface area (Å²) in [4.78, 5) is 21.0. The van der Waals surface area contributed by atoms with Crippen LogP contribution in [0.4, 0.5) is 0 Å². The van der Waals surface area contributed by atoms with Gasteiger partial charge in [0.2, 0.25) is 0 Å². The predicted octanol–water partition coefficient (Wildman–Crippen LogP) is 10.4. The van der Waals surface area contributed by atoms with E-state index in [9.17, 15) is 0 Å². The number of fused-ring (bicyclic) bond motifs is 5. The molecule has 0 saturated carbocycles. The smallest absolute Gasteiger partial charge is 0.164 e. The van der Waals surface area contributed by atoms with Crippen LogP contribution in [-0.2, 0) is 0 Å². The van der Waals surface area contributed by atoms with E-state index in [2.05, 4.69) is 109 Å². The van der Waals surface area contributed by atoms with Crippen LogP contribution in [0.2, 0.25) is 0 Å². The first kappa shape index (κ1) is 27.6. The molecule has 1 atom stereocenters. The molecule has 0 fully saturated rings. The quantitative estimate of drug-likeness (QED) is 0.191. The molecule has 4 aromatic carbocycles. The molecule has 4 heterocycles. The summed E-state index contributed by atoms with van der Waals surface area (Å²) in [5.41, 5.74) is 9.88. The number of nitrogens with zero attached hydrogens (tertiary/aromatic N) is 5. The standard InChI is InChI=1S/C41H29N5S/c1-26-15-16-31(24-33(26)40-44-38(29-10-4-2-5-11-29)43-39(45-40)30-12-6-3-7-13-30)27-17-19-28(20-18-27)32-21-22-35-34(25-32)37-41(47-35)46-23-9-8-14-36(46)42-37/h2-14,16-26H,15H2,1H3. The number of allylic oxidation sites excluding steroid dienone is 4. The fraction of sp³-hybridized carbons (Fsp3) is 0.0732. The molecule has 0 saturated heterocycles. The lowest BCUT2D eigenvalue weighted by Crippen LogP contribution is -2.09. The van der Waals surface area contributed by atoms with Gasteiger partial charge in [-0.1, -0.05) is 110 Å². The molecule has 5 nitrogen and oxygen atoms in total. The van der Waals surface area contributed by atoms with Crippen molar-refractivity contribution in [3.8, 4) is 33.9 Å². The van der Waals surface area contributed by atoms with E-state index in [1.54, 1.807) is 11.3 Å². The van der Waals surface area contributed by atoms with Gasteiger partial charge in [0.25, 0.3) is 0 Å². The van der Waals surface area contributed by atoms with Gasteiger partial charge in [-0.05, 0) is 64.9 Å². The van der Waals surface area contributed by atoms with E-state index in [0.717, 1.165) is 40.1 Å². The molecule has 224 valence electrons. The summed E-state index contributed by atoms with van der Waals surface area (Å²) in [7, 11) is 0. The van der Waals surface area contributed by atoms with E-state index in [4.69, 9.17) is 19.9 Å². The lowest BCUT2D eigenvalue weighted by Gasteiger charge is -2.21. The van der Waals surface area contributed by atoms with Crippen LogP contribution in [0.3, 0.4) is 0 Å². The molecule has 1 unspecified atom stereocenters. The Morgan fingerprint density at radius 3 is 1.98 bits per heavy atom. The fourth-order valence-electron chi connectivity index (χ4n) is 6.41. The molecular formula is C41H29N5S. The Morgan fingerprint density at radius 1 is 0.617 bits per heavy atom. The van der Waals surface area contributed by atoms with Gasteiger partial charge in [0, 0.05) is 33.0 Å². The second-order valence-electron chi connectivity index (χ2n) is 12.0. The van der Waals surface area contributed by atoms with Gasteiger partial charge in [-0.25, -0.2) is 19.9 Å². The number of pyridine rings is 1. The highest BCUT2D eigenvalue weighted by Crippen LogP contribution is 2.38. The normalized spacial score (nSPS) is 14.9. The summed E-state index contributed by atoms with van der Waals surface area (Å²) in [6, 6.07) is 42.1. The minimum Gasteiger partial charge on any atom is -0.291 e. The zero-order valence-electron chi connectivity index (χ0n) is 25.7. The van der Waals surface area contributed by atoms with Gasteiger partial charge < -0.3 is 0 Å². The van der Waals surface area contributed by atoms with E-state index in [-0.39, 0.29) is 5.92 Å². The Bertz CT molecular complexity index is 2430. The maximum Gasteiger partial charge on any atom is 0.164 e. The Hall–Kier alpha value is -5.72. The first-order chi connectivity index (χ1) is 23.2. The summed E-state index contributed by atoms with van der Waals surface area (Å²) < 4.78 is 3.43. The third kappa shape index (κ3) is 4.94. The Balaban J connectivity index is 1.07. The number of hydrogen-bond acceptors (Lipinski definition) is 5. The van der Waals surface area contributed by atoms with E-state index in [0.29, 0.717) is 11.6 Å². The number of hydrogen-bond donors (Lipinski definition) is 0. The molecule has 8 aromatic rings. The van der Waals surface area contributed by atoms with Gasteiger partial charge in [-0.3, -0.25) is 4.40 Å². The van der Waals surface area contributed by atoms with Crippen LogP contribution in [0.25, 0.3) is 71.1 Å². The van der Waals surface area contributed by atoms with Gasteiger partial charge in [0.05, 0.1) is 0 Å². The van der Waals surface area contributed by atoms with Gasteiger partial charge in [-0.15, -0.1) is 11.3 Å². The molecule has 47 heavy (non-hydrogen) atoms. The Morgan fingerprint density at radius 2 is 1.26 bits per heavy atom. The highest BCUT2D eigenvalue weighted by molar-refractivity contribution is 7.25. The highest BCUT2D eigenvalue weighted by atomic mass is 32.1. The molecule has 1 aliphatic rings.